The number of amides is 1. The van der Waals surface area contributed by atoms with E-state index in [1.165, 1.54) is 6.07 Å². The van der Waals surface area contributed by atoms with Crippen LogP contribution in [0.1, 0.15) is 74.4 Å². The number of carbonyl (C=O) groups is 2. The van der Waals surface area contributed by atoms with Crippen LogP contribution in [0.2, 0.25) is 0 Å². The van der Waals surface area contributed by atoms with E-state index in [0.29, 0.717) is 47.7 Å². The number of imidazole rings is 1. The normalized spacial score (nSPS) is 19.2. The average Bonchev–Trinajstić information content (AvgIpc) is 3.76. The van der Waals surface area contributed by atoms with Crippen molar-refractivity contribution in [1.29, 1.82) is 0 Å². The number of carboxylic acids is 1. The maximum Gasteiger partial charge on any atom is 0.308 e. The van der Waals surface area contributed by atoms with Gasteiger partial charge >= 0.3 is 5.97 Å². The molecule has 1 amide bonds. The van der Waals surface area contributed by atoms with Crippen molar-refractivity contribution in [2.24, 2.45) is 13.0 Å². The monoisotopic (exact) mass is 636 g/mol. The van der Waals surface area contributed by atoms with Crippen molar-refractivity contribution in [3.8, 4) is 11.5 Å². The Morgan fingerprint density at radius 1 is 1.15 bits per heavy atom. The molecule has 0 aliphatic carbocycles. The van der Waals surface area contributed by atoms with Crippen LogP contribution in [-0.4, -0.2) is 68.5 Å². The molecule has 46 heavy (non-hydrogen) atoms. The van der Waals surface area contributed by atoms with Crippen LogP contribution in [0, 0.1) is 18.7 Å². The van der Waals surface area contributed by atoms with Crippen LogP contribution < -0.4 is 14.4 Å². The molecule has 0 unspecified atom stereocenters. The van der Waals surface area contributed by atoms with Crippen LogP contribution in [0.4, 0.5) is 10.1 Å². The van der Waals surface area contributed by atoms with Crippen LogP contribution in [0.5, 0.6) is 11.5 Å². The first kappa shape index (κ1) is 33.4. The number of benzene rings is 2. The topological polar surface area (TPSA) is 117 Å². The second kappa shape index (κ2) is 14.6. The van der Waals surface area contributed by atoms with Gasteiger partial charge in [-0.25, -0.2) is 9.37 Å². The van der Waals surface area contributed by atoms with Crippen LogP contribution in [0.25, 0.3) is 0 Å². The lowest BCUT2D eigenvalue weighted by Gasteiger charge is -2.35. The van der Waals surface area contributed by atoms with Crippen molar-refractivity contribution in [3.05, 3.63) is 71.1 Å². The van der Waals surface area contributed by atoms with Gasteiger partial charge in [0.1, 0.15) is 11.6 Å². The Morgan fingerprint density at radius 3 is 2.54 bits per heavy atom. The maximum atomic E-state index is 14.5. The third kappa shape index (κ3) is 6.90. The summed E-state index contributed by atoms with van der Waals surface area (Å²) in [6, 6.07) is 7.83. The number of rotatable bonds is 14. The summed E-state index contributed by atoms with van der Waals surface area (Å²) in [5, 5.41) is 20.8. The summed E-state index contributed by atoms with van der Waals surface area (Å²) < 4.78 is 27.4. The largest absolute Gasteiger partial charge is 0.481 e. The highest BCUT2D eigenvalue weighted by molar-refractivity contribution is 5.95. The number of aromatic nitrogens is 2. The van der Waals surface area contributed by atoms with Gasteiger partial charge in [-0.15, -0.1) is 0 Å². The lowest BCUT2D eigenvalue weighted by molar-refractivity contribution is -0.143. The Morgan fingerprint density at radius 2 is 1.91 bits per heavy atom. The van der Waals surface area contributed by atoms with E-state index in [0.717, 1.165) is 37.1 Å². The highest BCUT2D eigenvalue weighted by Crippen LogP contribution is 2.45. The number of hydrogen-bond acceptors (Lipinski definition) is 7. The predicted octanol–water partition coefficient (Wildman–Crippen LogP) is 5.19. The fraction of sp³-hybridized carbons (Fsp3) is 0.514. The minimum atomic E-state index is -0.950. The lowest BCUT2D eigenvalue weighted by atomic mass is 9.83. The molecule has 0 spiro atoms. The van der Waals surface area contributed by atoms with E-state index in [2.05, 4.69) is 18.8 Å². The van der Waals surface area contributed by atoms with Gasteiger partial charge in [0.15, 0.2) is 11.5 Å². The Labute approximate surface area is 269 Å². The van der Waals surface area contributed by atoms with E-state index >= 15 is 0 Å². The van der Waals surface area contributed by atoms with Crippen molar-refractivity contribution in [2.75, 3.05) is 24.8 Å². The van der Waals surface area contributed by atoms with Crippen molar-refractivity contribution in [3.63, 3.8) is 0 Å². The van der Waals surface area contributed by atoms with E-state index in [1.807, 2.05) is 27.6 Å². The van der Waals surface area contributed by atoms with Crippen LogP contribution >= 0.6 is 0 Å². The molecule has 1 aromatic heterocycles. The number of likely N-dealkylation sites (tertiary alicyclic amines) is 1. The van der Waals surface area contributed by atoms with Crippen molar-refractivity contribution < 1.29 is 33.7 Å². The number of ether oxygens (including phenoxy) is 2. The Bertz CT molecular complexity index is 1540. The number of aryl methyl sites for hydroxylation is 3. The van der Waals surface area contributed by atoms with E-state index in [9.17, 15) is 24.2 Å². The summed E-state index contributed by atoms with van der Waals surface area (Å²) in [7, 11) is 1.91. The van der Waals surface area contributed by atoms with E-state index in [4.69, 9.17) is 9.47 Å². The molecule has 2 aliphatic heterocycles. The summed E-state index contributed by atoms with van der Waals surface area (Å²) >= 11 is 0. The number of aliphatic hydroxyl groups is 1. The van der Waals surface area contributed by atoms with Gasteiger partial charge in [-0.3, -0.25) is 14.5 Å². The van der Waals surface area contributed by atoms with E-state index < -0.39 is 23.8 Å². The first-order valence-corrected chi connectivity index (χ1v) is 16.2. The Kier molecular flexibility index (Phi) is 10.6. The van der Waals surface area contributed by atoms with E-state index in [-0.39, 0.29) is 37.7 Å². The fourth-order valence-electron chi connectivity index (χ4n) is 7.20. The number of carbonyl (C=O) groups excluding carboxylic acids is 1. The van der Waals surface area contributed by atoms with E-state index in [1.54, 1.807) is 37.4 Å². The van der Waals surface area contributed by atoms with Gasteiger partial charge in [-0.05, 0) is 67.6 Å². The number of halogens is 1. The third-order valence-corrected chi connectivity index (χ3v) is 9.42. The maximum absolute atomic E-state index is 14.5. The number of carboxylic acid groups (broad SMARTS) is 1. The molecule has 3 heterocycles. The van der Waals surface area contributed by atoms with Crippen molar-refractivity contribution in [2.45, 2.75) is 83.9 Å². The van der Waals surface area contributed by atoms with Crippen molar-refractivity contribution in [1.82, 2.24) is 14.5 Å². The highest BCUT2D eigenvalue weighted by Gasteiger charge is 2.48. The van der Waals surface area contributed by atoms with Gasteiger partial charge in [-0.1, -0.05) is 26.7 Å². The zero-order valence-corrected chi connectivity index (χ0v) is 27.1. The summed E-state index contributed by atoms with van der Waals surface area (Å²) in [6.45, 7) is 5.94. The number of aliphatic carboxylic acids is 1. The van der Waals surface area contributed by atoms with Gasteiger partial charge in [0.05, 0.1) is 19.1 Å². The summed E-state index contributed by atoms with van der Waals surface area (Å²) in [6.07, 6.45) is 7.93. The molecule has 0 bridgehead atoms. The summed E-state index contributed by atoms with van der Waals surface area (Å²) in [5.74, 6) is -0.948. The van der Waals surface area contributed by atoms with Crippen LogP contribution in [0.15, 0.2) is 42.7 Å². The van der Waals surface area contributed by atoms with Gasteiger partial charge in [0, 0.05) is 61.7 Å². The molecule has 5 rings (SSSR count). The molecule has 2 aromatic carbocycles. The molecule has 0 saturated carbocycles. The Hall–Kier alpha value is -3.96. The van der Waals surface area contributed by atoms with Gasteiger partial charge in [0.25, 0.3) is 0 Å². The molecule has 0 radical (unpaired) electrons. The zero-order chi connectivity index (χ0) is 33.0. The molecule has 1 saturated heterocycles. The number of hydrogen-bond donors (Lipinski definition) is 2. The first-order chi connectivity index (χ1) is 22.2. The predicted molar refractivity (Wildman–Crippen MR) is 171 cm³/mol. The number of nitrogens with zero attached hydrogens (tertiary/aromatic N) is 4. The SMILES string of the molecule is CCCC(CCC)N(C(=O)CN1C[C@H](c2cc(CO)c3c(c2)OCO3)[C@@H](C(=O)O)[C@@H]1CCc1nccn1C)c1ccc(F)c(C)c1. The van der Waals surface area contributed by atoms with Gasteiger partial charge in [-0.2, -0.15) is 0 Å². The summed E-state index contributed by atoms with van der Waals surface area (Å²) in [4.78, 5) is 35.8. The second-order valence-electron chi connectivity index (χ2n) is 12.5. The average molecular weight is 637 g/mol. The first-order valence-electron chi connectivity index (χ1n) is 16.2. The smallest absolute Gasteiger partial charge is 0.308 e. The molecule has 11 heteroatoms. The number of aliphatic hydroxyl groups excluding tert-OH is 1. The molecule has 2 N–H and O–H groups in total. The van der Waals surface area contributed by atoms with Crippen LogP contribution in [-0.2, 0) is 29.7 Å². The molecular formula is C35H45FN4O6. The van der Waals surface area contributed by atoms with Gasteiger partial charge in [0.2, 0.25) is 12.7 Å². The Balaban J connectivity index is 1.52. The molecule has 3 aromatic rings. The van der Waals surface area contributed by atoms with Crippen LogP contribution in [0.3, 0.4) is 0 Å². The zero-order valence-electron chi connectivity index (χ0n) is 27.1. The molecular weight excluding hydrogens is 591 g/mol. The highest BCUT2D eigenvalue weighted by atomic mass is 19.1. The molecule has 2 aliphatic rings. The quantitative estimate of drug-likeness (QED) is 0.248. The van der Waals surface area contributed by atoms with Crippen molar-refractivity contribution >= 4 is 17.6 Å². The fourth-order valence-corrected chi connectivity index (χ4v) is 7.20. The van der Waals surface area contributed by atoms with Gasteiger partial charge < -0.3 is 29.2 Å². The molecule has 1 fully saturated rings. The molecule has 3 atom stereocenters. The lowest BCUT2D eigenvalue weighted by Crippen LogP contribution is -2.48. The second-order valence-corrected chi connectivity index (χ2v) is 12.5. The third-order valence-electron chi connectivity index (χ3n) is 9.42. The standard InChI is InChI=1S/C35H45FN4O6/c1-5-7-25(8-6-2)40(26-9-10-28(36)22(3)15-26)32(42)19-39-18-27(23-16-24(20-41)34-30(17-23)45-21-46-34)33(35(43)44)29(39)11-12-31-37-13-14-38(31)4/h9-10,13-17,25,27,29,33,41H,5-8,11-12,18-21H2,1-4H3,(H,43,44)/t27-,29+,33-/m1/s1. The number of anilines is 1. The number of fused-ring (bicyclic) bond motifs is 1. The minimum absolute atomic E-state index is 0.00325. The minimum Gasteiger partial charge on any atom is -0.481 e. The molecule has 10 nitrogen and oxygen atoms in total. The molecule has 248 valence electrons. The summed E-state index contributed by atoms with van der Waals surface area (Å²) in [5.41, 5.74) is 2.37.